The maximum Gasteiger partial charge on any atom is 0.339 e. The van der Waals surface area contributed by atoms with Gasteiger partial charge in [-0.15, -0.1) is 11.3 Å². The first kappa shape index (κ1) is 13.6. The van der Waals surface area contributed by atoms with Gasteiger partial charge in [0.1, 0.15) is 10.6 Å². The minimum atomic E-state index is -0.957. The molecule has 0 atom stereocenters. The molecule has 2 rings (SSSR count). The molecule has 2 aromatic rings. The van der Waals surface area contributed by atoms with E-state index in [1.807, 2.05) is 39.0 Å². The van der Waals surface area contributed by atoms with Gasteiger partial charge in [0.15, 0.2) is 0 Å². The fourth-order valence-electron chi connectivity index (χ4n) is 2.16. The second-order valence-electron chi connectivity index (χ2n) is 4.60. The van der Waals surface area contributed by atoms with Crippen LogP contribution in [0.25, 0.3) is 11.1 Å². The summed E-state index contributed by atoms with van der Waals surface area (Å²) in [5.41, 5.74) is 10.2. The molecule has 0 aliphatic rings. The second-order valence-corrected chi connectivity index (χ2v) is 5.73. The second kappa shape index (κ2) is 5.05. The Morgan fingerprint density at radius 3 is 2.53 bits per heavy atom. The van der Waals surface area contributed by atoms with Gasteiger partial charge in [-0.25, -0.2) is 4.79 Å². The highest BCUT2D eigenvalue weighted by Crippen LogP contribution is 2.39. The lowest BCUT2D eigenvalue weighted by Crippen LogP contribution is -2.01. The Kier molecular flexibility index (Phi) is 3.62. The Labute approximate surface area is 116 Å². The number of benzene rings is 1. The average molecular weight is 275 g/mol. The van der Waals surface area contributed by atoms with Gasteiger partial charge in [0.05, 0.1) is 0 Å². The SMILES string of the molecule is CCc1sc(N)c(C(=O)O)c1-c1ccc(C)c(C)c1. The van der Waals surface area contributed by atoms with Gasteiger partial charge in [-0.1, -0.05) is 25.1 Å². The minimum Gasteiger partial charge on any atom is -0.478 e. The summed E-state index contributed by atoms with van der Waals surface area (Å²) in [6.07, 6.45) is 0.782. The van der Waals surface area contributed by atoms with Crippen molar-refractivity contribution in [3.8, 4) is 11.1 Å². The zero-order valence-corrected chi connectivity index (χ0v) is 12.1. The van der Waals surface area contributed by atoms with Crippen molar-refractivity contribution in [1.82, 2.24) is 0 Å². The summed E-state index contributed by atoms with van der Waals surface area (Å²) in [4.78, 5) is 12.4. The molecule has 1 heterocycles. The molecule has 0 saturated heterocycles. The fraction of sp³-hybridized carbons (Fsp3) is 0.267. The van der Waals surface area contributed by atoms with E-state index in [1.165, 1.54) is 16.9 Å². The maximum absolute atomic E-state index is 11.4. The summed E-state index contributed by atoms with van der Waals surface area (Å²) in [7, 11) is 0. The van der Waals surface area contributed by atoms with Crippen LogP contribution in [0.15, 0.2) is 18.2 Å². The van der Waals surface area contributed by atoms with Crippen molar-refractivity contribution in [2.75, 3.05) is 5.73 Å². The van der Waals surface area contributed by atoms with E-state index in [0.29, 0.717) is 5.00 Å². The predicted octanol–water partition coefficient (Wildman–Crippen LogP) is 3.87. The highest BCUT2D eigenvalue weighted by molar-refractivity contribution is 7.17. The lowest BCUT2D eigenvalue weighted by atomic mass is 9.97. The molecule has 19 heavy (non-hydrogen) atoms. The van der Waals surface area contributed by atoms with E-state index in [-0.39, 0.29) is 5.56 Å². The first-order valence-electron chi connectivity index (χ1n) is 6.17. The average Bonchev–Trinajstić information content (AvgIpc) is 2.69. The van der Waals surface area contributed by atoms with Crippen LogP contribution >= 0.6 is 11.3 Å². The Morgan fingerprint density at radius 2 is 2.00 bits per heavy atom. The quantitative estimate of drug-likeness (QED) is 0.893. The Balaban J connectivity index is 2.72. The third kappa shape index (κ3) is 2.36. The molecule has 0 amide bonds. The van der Waals surface area contributed by atoms with Gasteiger partial charge < -0.3 is 10.8 Å². The summed E-state index contributed by atoms with van der Waals surface area (Å²) < 4.78 is 0. The van der Waals surface area contributed by atoms with Crippen LogP contribution in [0.1, 0.15) is 33.3 Å². The number of carboxylic acids is 1. The van der Waals surface area contributed by atoms with E-state index in [0.717, 1.165) is 28.0 Å². The Morgan fingerprint density at radius 1 is 1.32 bits per heavy atom. The van der Waals surface area contributed by atoms with Gasteiger partial charge >= 0.3 is 5.97 Å². The number of aromatic carboxylic acids is 1. The van der Waals surface area contributed by atoms with Gasteiger partial charge in [0, 0.05) is 10.4 Å². The number of thiophene rings is 1. The van der Waals surface area contributed by atoms with Gasteiger partial charge in [-0.3, -0.25) is 0 Å². The molecule has 0 radical (unpaired) electrons. The van der Waals surface area contributed by atoms with Gasteiger partial charge in [0.25, 0.3) is 0 Å². The largest absolute Gasteiger partial charge is 0.478 e. The standard InChI is InChI=1S/C15H17NO2S/c1-4-11-12(13(15(17)18)14(16)19-11)10-6-5-8(2)9(3)7-10/h5-7H,4,16H2,1-3H3,(H,17,18). The normalized spacial score (nSPS) is 10.7. The van der Waals surface area contributed by atoms with Crippen LogP contribution in [0.2, 0.25) is 0 Å². The summed E-state index contributed by atoms with van der Waals surface area (Å²) in [5, 5.41) is 9.75. The van der Waals surface area contributed by atoms with Crippen molar-refractivity contribution in [2.24, 2.45) is 0 Å². The van der Waals surface area contributed by atoms with E-state index < -0.39 is 5.97 Å². The van der Waals surface area contributed by atoms with E-state index in [1.54, 1.807) is 0 Å². The summed E-state index contributed by atoms with van der Waals surface area (Å²) in [6, 6.07) is 6.02. The van der Waals surface area contributed by atoms with E-state index in [2.05, 4.69) is 0 Å². The number of rotatable bonds is 3. The molecule has 0 aliphatic carbocycles. The minimum absolute atomic E-state index is 0.241. The number of hydrogen-bond donors (Lipinski definition) is 2. The number of hydrogen-bond acceptors (Lipinski definition) is 3. The number of carboxylic acid groups (broad SMARTS) is 1. The molecule has 0 saturated carbocycles. The van der Waals surface area contributed by atoms with Crippen LogP contribution in [0.3, 0.4) is 0 Å². The van der Waals surface area contributed by atoms with Crippen molar-refractivity contribution in [3.63, 3.8) is 0 Å². The molecule has 0 fully saturated rings. The Bertz CT molecular complexity index is 644. The van der Waals surface area contributed by atoms with Gasteiger partial charge in [0.2, 0.25) is 0 Å². The zero-order chi connectivity index (χ0) is 14.2. The van der Waals surface area contributed by atoms with Crippen LogP contribution in [0, 0.1) is 13.8 Å². The van der Waals surface area contributed by atoms with Crippen LogP contribution in [-0.4, -0.2) is 11.1 Å². The summed E-state index contributed by atoms with van der Waals surface area (Å²) in [6.45, 7) is 6.09. The van der Waals surface area contributed by atoms with Crippen molar-refractivity contribution in [2.45, 2.75) is 27.2 Å². The molecule has 0 unspecified atom stereocenters. The molecular weight excluding hydrogens is 258 g/mol. The van der Waals surface area contributed by atoms with Gasteiger partial charge in [-0.05, 0) is 37.0 Å². The molecule has 0 spiro atoms. The highest BCUT2D eigenvalue weighted by Gasteiger charge is 2.22. The maximum atomic E-state index is 11.4. The molecule has 0 aliphatic heterocycles. The van der Waals surface area contributed by atoms with Gasteiger partial charge in [-0.2, -0.15) is 0 Å². The molecule has 100 valence electrons. The van der Waals surface area contributed by atoms with Crippen molar-refractivity contribution >= 4 is 22.3 Å². The molecule has 3 nitrogen and oxygen atoms in total. The summed E-state index contributed by atoms with van der Waals surface area (Å²) >= 11 is 1.37. The van der Waals surface area contributed by atoms with Crippen molar-refractivity contribution < 1.29 is 9.90 Å². The molecule has 4 heteroatoms. The van der Waals surface area contributed by atoms with Crippen molar-refractivity contribution in [1.29, 1.82) is 0 Å². The fourth-order valence-corrected chi connectivity index (χ4v) is 3.18. The predicted molar refractivity (Wildman–Crippen MR) is 80.0 cm³/mol. The first-order valence-corrected chi connectivity index (χ1v) is 6.99. The molecule has 1 aromatic heterocycles. The number of nitrogens with two attached hydrogens (primary N) is 1. The third-order valence-electron chi connectivity index (χ3n) is 3.34. The van der Waals surface area contributed by atoms with E-state index in [9.17, 15) is 9.90 Å². The monoisotopic (exact) mass is 275 g/mol. The lowest BCUT2D eigenvalue weighted by Gasteiger charge is -2.08. The van der Waals surface area contributed by atoms with Crippen LogP contribution in [0.5, 0.6) is 0 Å². The smallest absolute Gasteiger partial charge is 0.339 e. The lowest BCUT2D eigenvalue weighted by molar-refractivity contribution is 0.0699. The van der Waals surface area contributed by atoms with Crippen LogP contribution in [-0.2, 0) is 6.42 Å². The Hall–Kier alpha value is -1.81. The third-order valence-corrected chi connectivity index (χ3v) is 4.50. The molecule has 1 aromatic carbocycles. The zero-order valence-electron chi connectivity index (χ0n) is 11.3. The summed E-state index contributed by atoms with van der Waals surface area (Å²) in [5.74, 6) is -0.957. The highest BCUT2D eigenvalue weighted by atomic mass is 32.1. The van der Waals surface area contributed by atoms with E-state index >= 15 is 0 Å². The molecule has 0 bridgehead atoms. The van der Waals surface area contributed by atoms with Crippen LogP contribution in [0.4, 0.5) is 5.00 Å². The van der Waals surface area contributed by atoms with Crippen molar-refractivity contribution in [3.05, 3.63) is 39.8 Å². The molecule has 3 N–H and O–H groups in total. The number of nitrogen functional groups attached to an aromatic ring is 1. The van der Waals surface area contributed by atoms with E-state index in [4.69, 9.17) is 5.73 Å². The topological polar surface area (TPSA) is 63.3 Å². The number of aryl methyl sites for hydroxylation is 3. The van der Waals surface area contributed by atoms with Crippen LogP contribution < -0.4 is 5.73 Å². The first-order chi connectivity index (χ1) is 8.95. The number of carbonyl (C=O) groups is 1. The number of anilines is 1. The molecular formula is C15H17NO2S.